The van der Waals surface area contributed by atoms with Gasteiger partial charge in [-0.3, -0.25) is 4.79 Å². The molecular weight excluding hydrogens is 338 g/mol. The topological polar surface area (TPSA) is 41.1 Å². The number of alkyl halides is 6. The highest BCUT2D eigenvalue weighted by molar-refractivity contribution is 5.94. The Bertz CT molecular complexity index is 663. The number of rotatable bonds is 3. The Labute approximate surface area is 133 Å². The van der Waals surface area contributed by atoms with Gasteiger partial charge in [-0.05, 0) is 36.1 Å². The van der Waals surface area contributed by atoms with Crippen LogP contribution in [0.4, 0.5) is 26.3 Å². The monoisotopic (exact) mass is 352 g/mol. The first-order valence-corrected chi connectivity index (χ1v) is 7.31. The van der Waals surface area contributed by atoms with Crippen molar-refractivity contribution in [3.8, 4) is 0 Å². The number of fused-ring (bicyclic) bond motifs is 1. The van der Waals surface area contributed by atoms with E-state index in [1.165, 1.54) is 12.1 Å². The fourth-order valence-electron chi connectivity index (χ4n) is 3.05. The fourth-order valence-corrected chi connectivity index (χ4v) is 3.05. The van der Waals surface area contributed by atoms with Crippen molar-refractivity contribution in [2.45, 2.75) is 44.3 Å². The van der Waals surface area contributed by atoms with E-state index in [0.717, 1.165) is 11.1 Å². The molecule has 0 unspecified atom stereocenters. The third kappa shape index (κ3) is 2.85. The minimum Gasteiger partial charge on any atom is -0.340 e. The van der Waals surface area contributed by atoms with Gasteiger partial charge in [0.2, 0.25) is 0 Å². The SMILES string of the molecule is O=C(N[C@@H](C(F)(F)F)C1(C(F)(F)F)CC1)c1ccc2c(c1)CNC2. The Morgan fingerprint density at radius 3 is 2.25 bits per heavy atom. The summed E-state index contributed by atoms with van der Waals surface area (Å²) in [7, 11) is 0. The molecule has 0 saturated heterocycles. The van der Waals surface area contributed by atoms with Crippen molar-refractivity contribution in [2.75, 3.05) is 0 Å². The zero-order valence-electron chi connectivity index (χ0n) is 12.3. The van der Waals surface area contributed by atoms with Gasteiger partial charge >= 0.3 is 12.4 Å². The molecule has 9 heteroatoms. The number of hydrogen-bond acceptors (Lipinski definition) is 2. The Morgan fingerprint density at radius 1 is 1.08 bits per heavy atom. The maximum atomic E-state index is 13.2. The van der Waals surface area contributed by atoms with Gasteiger partial charge in [-0.25, -0.2) is 0 Å². The van der Waals surface area contributed by atoms with E-state index in [1.54, 1.807) is 11.4 Å². The van der Waals surface area contributed by atoms with Crippen LogP contribution in [0.2, 0.25) is 0 Å². The van der Waals surface area contributed by atoms with Crippen LogP contribution in [0.5, 0.6) is 0 Å². The molecule has 1 heterocycles. The summed E-state index contributed by atoms with van der Waals surface area (Å²) in [5.41, 5.74) is -1.33. The van der Waals surface area contributed by atoms with Crippen LogP contribution in [0.3, 0.4) is 0 Å². The average Bonchev–Trinajstić information content (AvgIpc) is 3.14. The summed E-state index contributed by atoms with van der Waals surface area (Å²) in [6.45, 7) is 1.05. The molecule has 2 N–H and O–H groups in total. The van der Waals surface area contributed by atoms with Crippen molar-refractivity contribution in [1.82, 2.24) is 10.6 Å². The van der Waals surface area contributed by atoms with Gasteiger partial charge < -0.3 is 10.6 Å². The highest BCUT2D eigenvalue weighted by Crippen LogP contribution is 2.62. The molecule has 1 amide bonds. The molecule has 0 aromatic heterocycles. The second-order valence-electron chi connectivity index (χ2n) is 6.19. The number of carbonyl (C=O) groups is 1. The maximum Gasteiger partial charge on any atom is 0.409 e. The Hall–Kier alpha value is -1.77. The number of nitrogens with one attached hydrogen (secondary N) is 2. The molecule has 1 aromatic carbocycles. The highest BCUT2D eigenvalue weighted by atomic mass is 19.4. The molecular formula is C15H14F6N2O. The van der Waals surface area contributed by atoms with E-state index >= 15 is 0 Å². The van der Waals surface area contributed by atoms with Crippen LogP contribution >= 0.6 is 0 Å². The van der Waals surface area contributed by atoms with Gasteiger partial charge in [-0.2, -0.15) is 26.3 Å². The molecule has 1 aliphatic heterocycles. The lowest BCUT2D eigenvalue weighted by Gasteiger charge is -2.31. The van der Waals surface area contributed by atoms with Gasteiger partial charge in [-0.1, -0.05) is 6.07 Å². The van der Waals surface area contributed by atoms with Crippen LogP contribution in [0, 0.1) is 5.41 Å². The van der Waals surface area contributed by atoms with E-state index in [0.29, 0.717) is 13.1 Å². The van der Waals surface area contributed by atoms with Gasteiger partial charge in [0.05, 0.1) is 5.41 Å². The summed E-state index contributed by atoms with van der Waals surface area (Å²) >= 11 is 0. The first kappa shape index (κ1) is 17.1. The van der Waals surface area contributed by atoms with Gasteiger partial charge in [0.25, 0.3) is 5.91 Å². The molecule has 3 nitrogen and oxygen atoms in total. The predicted octanol–water partition coefficient (Wildman–Crippen LogP) is 3.29. The standard InChI is InChI=1S/C15H14F6N2O/c16-14(17,18)12(13(3-4-13)15(19,20)21)23-11(24)8-1-2-9-6-22-7-10(9)5-8/h1-2,5,12,22H,3-4,6-7H2,(H,23,24)/t12-/m1/s1. The number of hydrogen-bond donors (Lipinski definition) is 2. The van der Waals surface area contributed by atoms with E-state index in [4.69, 9.17) is 0 Å². The molecule has 0 radical (unpaired) electrons. The molecule has 2 aliphatic rings. The minimum atomic E-state index is -5.18. The van der Waals surface area contributed by atoms with Crippen molar-refractivity contribution >= 4 is 5.91 Å². The molecule has 1 aromatic rings. The van der Waals surface area contributed by atoms with Gasteiger partial charge in [0.15, 0.2) is 0 Å². The van der Waals surface area contributed by atoms with Crippen LogP contribution < -0.4 is 10.6 Å². The summed E-state index contributed by atoms with van der Waals surface area (Å²) in [6.07, 6.45) is -11.5. The number of carbonyl (C=O) groups excluding carboxylic acids is 1. The van der Waals surface area contributed by atoms with Crippen molar-refractivity contribution in [3.05, 3.63) is 34.9 Å². The van der Waals surface area contributed by atoms with Gasteiger partial charge in [0, 0.05) is 18.7 Å². The van der Waals surface area contributed by atoms with E-state index < -0.39 is 42.6 Å². The van der Waals surface area contributed by atoms with Gasteiger partial charge in [-0.15, -0.1) is 0 Å². The lowest BCUT2D eigenvalue weighted by molar-refractivity contribution is -0.245. The second-order valence-corrected chi connectivity index (χ2v) is 6.19. The third-order valence-corrected chi connectivity index (χ3v) is 4.61. The first-order valence-electron chi connectivity index (χ1n) is 7.31. The summed E-state index contributed by atoms with van der Waals surface area (Å²) in [4.78, 5) is 12.1. The van der Waals surface area contributed by atoms with Crippen LogP contribution in [-0.4, -0.2) is 24.3 Å². The van der Waals surface area contributed by atoms with E-state index in [2.05, 4.69) is 5.32 Å². The van der Waals surface area contributed by atoms with Crippen molar-refractivity contribution in [3.63, 3.8) is 0 Å². The Kier molecular flexibility index (Phi) is 3.82. The van der Waals surface area contributed by atoms with E-state index in [9.17, 15) is 31.1 Å². The smallest absolute Gasteiger partial charge is 0.340 e. The van der Waals surface area contributed by atoms with Crippen LogP contribution in [0.1, 0.15) is 34.3 Å². The molecule has 24 heavy (non-hydrogen) atoms. The van der Waals surface area contributed by atoms with Crippen molar-refractivity contribution < 1.29 is 31.1 Å². The zero-order chi connectivity index (χ0) is 17.8. The molecule has 1 atom stereocenters. The quantitative estimate of drug-likeness (QED) is 0.820. The van der Waals surface area contributed by atoms with Crippen LogP contribution in [0.25, 0.3) is 0 Å². The first-order chi connectivity index (χ1) is 11.0. The van der Waals surface area contributed by atoms with Crippen molar-refractivity contribution in [2.24, 2.45) is 5.41 Å². The van der Waals surface area contributed by atoms with E-state index in [1.807, 2.05) is 0 Å². The molecule has 3 rings (SSSR count). The van der Waals surface area contributed by atoms with E-state index in [-0.39, 0.29) is 5.56 Å². The zero-order valence-corrected chi connectivity index (χ0v) is 12.3. The summed E-state index contributed by atoms with van der Waals surface area (Å²) in [6, 6.07) is 1.38. The lowest BCUT2D eigenvalue weighted by Crippen LogP contribution is -2.55. The minimum absolute atomic E-state index is 0.0790. The molecule has 132 valence electrons. The number of amides is 1. The van der Waals surface area contributed by atoms with Gasteiger partial charge in [0.1, 0.15) is 6.04 Å². The average molecular weight is 352 g/mol. The summed E-state index contributed by atoms with van der Waals surface area (Å²) in [5, 5.41) is 4.58. The molecule has 1 saturated carbocycles. The largest absolute Gasteiger partial charge is 0.409 e. The number of halogens is 6. The normalized spacial score (nSPS) is 20.4. The Morgan fingerprint density at radius 2 is 1.71 bits per heavy atom. The highest BCUT2D eigenvalue weighted by Gasteiger charge is 2.73. The van der Waals surface area contributed by atoms with Crippen LogP contribution in [-0.2, 0) is 13.1 Å². The predicted molar refractivity (Wildman–Crippen MR) is 72.0 cm³/mol. The fraction of sp³-hybridized carbons (Fsp3) is 0.533. The number of benzene rings is 1. The lowest BCUT2D eigenvalue weighted by atomic mass is 9.94. The molecule has 0 spiro atoms. The maximum absolute atomic E-state index is 13.2. The second kappa shape index (κ2) is 5.37. The molecule has 1 fully saturated rings. The van der Waals surface area contributed by atoms with Crippen molar-refractivity contribution in [1.29, 1.82) is 0 Å². The summed E-state index contributed by atoms with van der Waals surface area (Å²) < 4.78 is 78.6. The third-order valence-electron chi connectivity index (χ3n) is 4.61. The molecule has 0 bridgehead atoms. The van der Waals surface area contributed by atoms with Crippen LogP contribution in [0.15, 0.2) is 18.2 Å². The Balaban J connectivity index is 1.85. The molecule has 1 aliphatic carbocycles. The summed E-state index contributed by atoms with van der Waals surface area (Å²) in [5.74, 6) is -1.15.